The molecule has 142 valence electrons. The third kappa shape index (κ3) is 3.35. The van der Waals surface area contributed by atoms with E-state index in [-0.39, 0.29) is 5.91 Å². The zero-order valence-electron chi connectivity index (χ0n) is 15.5. The molecule has 5 rings (SSSR count). The van der Waals surface area contributed by atoms with Crippen molar-refractivity contribution in [2.75, 3.05) is 5.32 Å². The summed E-state index contributed by atoms with van der Waals surface area (Å²) in [5.41, 5.74) is 4.72. The average molecular weight is 417 g/mol. The number of nitrogens with zero attached hydrogens (tertiary/aromatic N) is 3. The number of carbonyl (C=O) groups is 1. The number of amides is 1. The summed E-state index contributed by atoms with van der Waals surface area (Å²) in [6.45, 7) is 1.94. The van der Waals surface area contributed by atoms with Crippen molar-refractivity contribution in [1.29, 1.82) is 0 Å². The Balaban J connectivity index is 1.39. The first-order chi connectivity index (χ1) is 14.2. The molecule has 0 unspecified atom stereocenters. The predicted molar refractivity (Wildman–Crippen MR) is 119 cm³/mol. The number of aromatic nitrogens is 3. The highest BCUT2D eigenvalue weighted by atomic mass is 32.1. The van der Waals surface area contributed by atoms with Gasteiger partial charge in [-0.15, -0.1) is 11.3 Å². The number of aryl methyl sites for hydroxylation is 1. The van der Waals surface area contributed by atoms with Gasteiger partial charge in [-0.3, -0.25) is 14.5 Å². The molecule has 0 saturated carbocycles. The Bertz CT molecular complexity index is 1300. The van der Waals surface area contributed by atoms with Crippen LogP contribution in [0.15, 0.2) is 72.2 Å². The van der Waals surface area contributed by atoms with E-state index < -0.39 is 0 Å². The molecule has 2 aromatic carbocycles. The van der Waals surface area contributed by atoms with Crippen LogP contribution in [-0.2, 0) is 0 Å². The number of nitrogens with one attached hydrogen (secondary N) is 1. The van der Waals surface area contributed by atoms with Crippen molar-refractivity contribution in [3.05, 3.63) is 82.8 Å². The highest BCUT2D eigenvalue weighted by molar-refractivity contribution is 7.19. The fourth-order valence-corrected chi connectivity index (χ4v) is 4.85. The maximum atomic E-state index is 12.8. The van der Waals surface area contributed by atoms with Crippen molar-refractivity contribution in [3.8, 4) is 22.5 Å². The van der Waals surface area contributed by atoms with Gasteiger partial charge in [0, 0.05) is 28.4 Å². The smallest absolute Gasteiger partial charge is 0.269 e. The second kappa shape index (κ2) is 7.27. The van der Waals surface area contributed by atoms with Gasteiger partial charge in [-0.2, -0.15) is 0 Å². The van der Waals surface area contributed by atoms with E-state index in [0.717, 1.165) is 33.2 Å². The first-order valence-corrected chi connectivity index (χ1v) is 10.7. The van der Waals surface area contributed by atoms with Crippen molar-refractivity contribution in [3.63, 3.8) is 0 Å². The molecule has 0 bridgehead atoms. The Morgan fingerprint density at radius 2 is 1.59 bits per heavy atom. The van der Waals surface area contributed by atoms with Crippen LogP contribution in [0.1, 0.15) is 15.4 Å². The van der Waals surface area contributed by atoms with Crippen molar-refractivity contribution in [2.24, 2.45) is 0 Å². The summed E-state index contributed by atoms with van der Waals surface area (Å²) in [7, 11) is 0. The minimum absolute atomic E-state index is 0.159. The first-order valence-electron chi connectivity index (χ1n) is 9.05. The Labute approximate surface area is 175 Å². The van der Waals surface area contributed by atoms with Crippen molar-refractivity contribution in [2.45, 2.75) is 6.92 Å². The van der Waals surface area contributed by atoms with Gasteiger partial charge in [0.1, 0.15) is 4.88 Å². The molecule has 3 aromatic heterocycles. The van der Waals surface area contributed by atoms with Crippen LogP contribution in [-0.4, -0.2) is 20.3 Å². The summed E-state index contributed by atoms with van der Waals surface area (Å²) in [5, 5.41) is 5.46. The lowest BCUT2D eigenvalue weighted by atomic mass is 10.2. The highest BCUT2D eigenvalue weighted by Crippen LogP contribution is 2.29. The van der Waals surface area contributed by atoms with Crippen LogP contribution in [0, 0.1) is 6.92 Å². The van der Waals surface area contributed by atoms with Crippen molar-refractivity contribution in [1.82, 2.24) is 14.4 Å². The van der Waals surface area contributed by atoms with Gasteiger partial charge in [-0.1, -0.05) is 72.0 Å². The molecule has 1 amide bonds. The number of hydrogen-bond acceptors (Lipinski definition) is 5. The summed E-state index contributed by atoms with van der Waals surface area (Å²) < 4.78 is 1.97. The van der Waals surface area contributed by atoms with Gasteiger partial charge in [0.15, 0.2) is 10.1 Å². The molecule has 0 aliphatic heterocycles. The molecule has 0 radical (unpaired) electrons. The number of hydrogen-bond donors (Lipinski definition) is 1. The topological polar surface area (TPSA) is 59.3 Å². The number of imidazole rings is 1. The molecule has 3 heterocycles. The van der Waals surface area contributed by atoms with Crippen LogP contribution >= 0.6 is 22.7 Å². The second-order valence-electron chi connectivity index (χ2n) is 6.52. The van der Waals surface area contributed by atoms with Crippen LogP contribution < -0.4 is 5.32 Å². The monoisotopic (exact) mass is 416 g/mol. The second-order valence-corrected chi connectivity index (χ2v) is 8.36. The lowest BCUT2D eigenvalue weighted by Gasteiger charge is -2.01. The number of rotatable bonds is 4. The summed E-state index contributed by atoms with van der Waals surface area (Å²) in [6.07, 6.45) is 1.98. The summed E-state index contributed by atoms with van der Waals surface area (Å²) in [5.74, 6) is -0.159. The largest absolute Gasteiger partial charge is 0.297 e. The molecule has 0 aliphatic carbocycles. The molecule has 1 N–H and O–H groups in total. The van der Waals surface area contributed by atoms with Gasteiger partial charge in [-0.25, -0.2) is 9.97 Å². The molecule has 0 aliphatic rings. The molecular formula is C22H16N4OS2. The van der Waals surface area contributed by atoms with E-state index in [1.807, 2.05) is 83.6 Å². The minimum Gasteiger partial charge on any atom is -0.297 e. The van der Waals surface area contributed by atoms with Crippen LogP contribution in [0.25, 0.3) is 27.5 Å². The lowest BCUT2D eigenvalue weighted by Crippen LogP contribution is -2.11. The molecule has 7 heteroatoms. The molecule has 0 atom stereocenters. The van der Waals surface area contributed by atoms with E-state index >= 15 is 0 Å². The maximum absolute atomic E-state index is 12.8. The average Bonchev–Trinajstić information content (AvgIpc) is 3.46. The third-order valence-corrected chi connectivity index (χ3v) is 6.54. The summed E-state index contributed by atoms with van der Waals surface area (Å²) in [6, 6.07) is 20.0. The van der Waals surface area contributed by atoms with Crippen LogP contribution in [0.5, 0.6) is 0 Å². The molecule has 5 aromatic rings. The Morgan fingerprint density at radius 3 is 2.24 bits per heavy atom. The van der Waals surface area contributed by atoms with Gasteiger partial charge >= 0.3 is 0 Å². The lowest BCUT2D eigenvalue weighted by molar-refractivity contribution is 0.102. The molecule has 29 heavy (non-hydrogen) atoms. The molecule has 0 saturated heterocycles. The Morgan fingerprint density at radius 1 is 0.931 bits per heavy atom. The normalized spacial score (nSPS) is 11.1. The number of fused-ring (bicyclic) bond motifs is 1. The molecule has 5 nitrogen and oxygen atoms in total. The van der Waals surface area contributed by atoms with Gasteiger partial charge in [0.25, 0.3) is 5.91 Å². The predicted octanol–water partition coefficient (Wildman–Crippen LogP) is 5.75. The number of carbonyl (C=O) groups excluding carboxylic acids is 1. The van der Waals surface area contributed by atoms with E-state index in [0.29, 0.717) is 10.0 Å². The van der Waals surface area contributed by atoms with Gasteiger partial charge in [-0.05, 0) is 6.92 Å². The highest BCUT2D eigenvalue weighted by Gasteiger charge is 2.19. The van der Waals surface area contributed by atoms with E-state index in [2.05, 4.69) is 15.3 Å². The van der Waals surface area contributed by atoms with E-state index in [1.165, 1.54) is 22.7 Å². The summed E-state index contributed by atoms with van der Waals surface area (Å²) in [4.78, 5) is 23.5. The van der Waals surface area contributed by atoms with E-state index in [9.17, 15) is 4.79 Å². The van der Waals surface area contributed by atoms with Gasteiger partial charge in [0.2, 0.25) is 0 Å². The zero-order chi connectivity index (χ0) is 19.8. The standard InChI is InChI=1S/C22H16N4OS2/c1-14-19(29-22-24-17(12-26(14)22)15-8-4-2-5-9-15)20(27)25-21-23-18(13-28-21)16-10-6-3-7-11-16/h2-13H,1H3,(H,23,25,27). The summed E-state index contributed by atoms with van der Waals surface area (Å²) >= 11 is 2.81. The van der Waals surface area contributed by atoms with Crippen LogP contribution in [0.2, 0.25) is 0 Å². The van der Waals surface area contributed by atoms with E-state index in [4.69, 9.17) is 0 Å². The van der Waals surface area contributed by atoms with Gasteiger partial charge < -0.3 is 0 Å². The number of anilines is 1. The van der Waals surface area contributed by atoms with E-state index in [1.54, 1.807) is 0 Å². The molecular weight excluding hydrogens is 400 g/mol. The molecule has 0 spiro atoms. The zero-order valence-corrected chi connectivity index (χ0v) is 17.1. The Hall–Kier alpha value is -3.29. The number of thiazole rings is 2. The van der Waals surface area contributed by atoms with Crippen LogP contribution in [0.4, 0.5) is 5.13 Å². The minimum atomic E-state index is -0.159. The first kappa shape index (κ1) is 17.8. The molecule has 0 fully saturated rings. The maximum Gasteiger partial charge on any atom is 0.269 e. The van der Waals surface area contributed by atoms with Gasteiger partial charge in [0.05, 0.1) is 11.4 Å². The third-order valence-electron chi connectivity index (χ3n) is 4.63. The van der Waals surface area contributed by atoms with Crippen LogP contribution in [0.3, 0.4) is 0 Å². The van der Waals surface area contributed by atoms with Crippen molar-refractivity contribution >= 4 is 38.7 Å². The fraction of sp³-hybridized carbons (Fsp3) is 0.0455. The Kier molecular flexibility index (Phi) is 4.46. The SMILES string of the molecule is Cc1c(C(=O)Nc2nc(-c3ccccc3)cs2)sc2nc(-c3ccccc3)cn12. The number of benzene rings is 2. The fourth-order valence-electron chi connectivity index (χ4n) is 3.14. The van der Waals surface area contributed by atoms with Crippen molar-refractivity contribution < 1.29 is 4.79 Å². The quantitative estimate of drug-likeness (QED) is 0.406.